The van der Waals surface area contributed by atoms with Crippen LogP contribution in [-0.2, 0) is 0 Å². The molecule has 3 heteroatoms. The molecule has 1 aliphatic carbocycles. The summed E-state index contributed by atoms with van der Waals surface area (Å²) in [5.41, 5.74) is 3.82. The molecular formula is C15H14N2O. The van der Waals surface area contributed by atoms with Crippen molar-refractivity contribution in [3.8, 4) is 5.75 Å². The first-order chi connectivity index (χ1) is 8.78. The molecular weight excluding hydrogens is 224 g/mol. The molecule has 3 rings (SSSR count). The van der Waals surface area contributed by atoms with Crippen LogP contribution in [0, 0.1) is 0 Å². The van der Waals surface area contributed by atoms with E-state index in [1.165, 1.54) is 6.26 Å². The van der Waals surface area contributed by atoms with Crippen molar-refractivity contribution in [1.82, 2.24) is 9.97 Å². The number of aromatic nitrogens is 2. The molecule has 1 aromatic carbocycles. The van der Waals surface area contributed by atoms with E-state index in [1.807, 2.05) is 18.2 Å². The summed E-state index contributed by atoms with van der Waals surface area (Å²) in [5, 5.41) is 0. The Morgan fingerprint density at radius 3 is 3.06 bits per heavy atom. The second kappa shape index (κ2) is 4.26. The number of fused-ring (bicyclic) bond motifs is 2. The minimum Gasteiger partial charge on any atom is -0.466 e. The molecule has 0 bridgehead atoms. The fourth-order valence-corrected chi connectivity index (χ4v) is 2.21. The zero-order valence-corrected chi connectivity index (χ0v) is 10.3. The molecule has 0 fully saturated rings. The maximum absolute atomic E-state index is 5.27. The molecule has 0 amide bonds. The van der Waals surface area contributed by atoms with Crippen LogP contribution in [0.3, 0.4) is 0 Å². The average molecular weight is 238 g/mol. The van der Waals surface area contributed by atoms with E-state index in [-0.39, 0.29) is 0 Å². The van der Waals surface area contributed by atoms with E-state index < -0.39 is 0 Å². The third kappa shape index (κ3) is 1.78. The van der Waals surface area contributed by atoms with Gasteiger partial charge in [-0.3, -0.25) is 0 Å². The standard InChI is InChI=1S/C15H14N2O/c1-3-18-11-7-8-12-14(9-11)17-15-10(2)5-4-6-13(15)16-12/h3-4,6-10H,1,5H2,2H3. The first-order valence-electron chi connectivity index (χ1n) is 6.04. The second-order valence-electron chi connectivity index (χ2n) is 4.47. The highest BCUT2D eigenvalue weighted by molar-refractivity contribution is 5.78. The quantitative estimate of drug-likeness (QED) is 0.749. The minimum absolute atomic E-state index is 0.422. The van der Waals surface area contributed by atoms with E-state index in [9.17, 15) is 0 Å². The highest BCUT2D eigenvalue weighted by Gasteiger charge is 2.16. The predicted octanol–water partition coefficient (Wildman–Crippen LogP) is 3.67. The van der Waals surface area contributed by atoms with Crippen molar-refractivity contribution in [1.29, 1.82) is 0 Å². The van der Waals surface area contributed by atoms with Gasteiger partial charge < -0.3 is 4.74 Å². The first-order valence-corrected chi connectivity index (χ1v) is 6.04. The summed E-state index contributed by atoms with van der Waals surface area (Å²) >= 11 is 0. The topological polar surface area (TPSA) is 35.0 Å². The summed E-state index contributed by atoms with van der Waals surface area (Å²) in [6.07, 6.45) is 6.65. The number of nitrogens with zero attached hydrogens (tertiary/aromatic N) is 2. The molecule has 1 aliphatic rings. The number of allylic oxidation sites excluding steroid dienone is 1. The first kappa shape index (κ1) is 11.0. The van der Waals surface area contributed by atoms with Crippen LogP contribution >= 0.6 is 0 Å². The van der Waals surface area contributed by atoms with E-state index in [0.29, 0.717) is 5.92 Å². The molecule has 0 N–H and O–H groups in total. The summed E-state index contributed by atoms with van der Waals surface area (Å²) in [4.78, 5) is 9.35. The smallest absolute Gasteiger partial charge is 0.128 e. The van der Waals surface area contributed by atoms with E-state index >= 15 is 0 Å². The fraction of sp³-hybridized carbons (Fsp3) is 0.200. The number of rotatable bonds is 2. The molecule has 2 aromatic rings. The van der Waals surface area contributed by atoms with Crippen molar-refractivity contribution < 1.29 is 4.74 Å². The van der Waals surface area contributed by atoms with Crippen molar-refractivity contribution >= 4 is 17.1 Å². The third-order valence-corrected chi connectivity index (χ3v) is 3.14. The molecule has 18 heavy (non-hydrogen) atoms. The Kier molecular flexibility index (Phi) is 2.59. The van der Waals surface area contributed by atoms with Crippen molar-refractivity contribution in [3.05, 3.63) is 48.5 Å². The van der Waals surface area contributed by atoms with Crippen LogP contribution in [-0.4, -0.2) is 9.97 Å². The number of benzene rings is 1. The van der Waals surface area contributed by atoms with E-state index in [0.717, 1.165) is 34.6 Å². The van der Waals surface area contributed by atoms with Crippen LogP contribution in [0.25, 0.3) is 17.1 Å². The van der Waals surface area contributed by atoms with Gasteiger partial charge in [-0.05, 0) is 24.6 Å². The second-order valence-corrected chi connectivity index (χ2v) is 4.47. The number of hydrogen-bond donors (Lipinski definition) is 0. The van der Waals surface area contributed by atoms with Crippen molar-refractivity contribution in [2.45, 2.75) is 19.3 Å². The Hall–Kier alpha value is -2.16. The molecule has 0 spiro atoms. The van der Waals surface area contributed by atoms with E-state index in [4.69, 9.17) is 9.72 Å². The van der Waals surface area contributed by atoms with Crippen LogP contribution in [0.4, 0.5) is 0 Å². The van der Waals surface area contributed by atoms with Crippen molar-refractivity contribution in [2.75, 3.05) is 0 Å². The molecule has 0 saturated heterocycles. The monoisotopic (exact) mass is 238 g/mol. The zero-order valence-electron chi connectivity index (χ0n) is 10.3. The Balaban J connectivity index is 2.18. The molecule has 1 unspecified atom stereocenters. The van der Waals surface area contributed by atoms with Crippen LogP contribution < -0.4 is 4.74 Å². The van der Waals surface area contributed by atoms with Gasteiger partial charge >= 0.3 is 0 Å². The minimum atomic E-state index is 0.422. The van der Waals surface area contributed by atoms with Gasteiger partial charge in [-0.1, -0.05) is 19.6 Å². The molecule has 1 heterocycles. The maximum Gasteiger partial charge on any atom is 0.128 e. The molecule has 3 nitrogen and oxygen atoms in total. The highest BCUT2D eigenvalue weighted by atomic mass is 16.5. The molecule has 0 radical (unpaired) electrons. The van der Waals surface area contributed by atoms with E-state index in [1.54, 1.807) is 0 Å². The summed E-state index contributed by atoms with van der Waals surface area (Å²) in [5.74, 6) is 1.16. The molecule has 90 valence electrons. The van der Waals surface area contributed by atoms with Gasteiger partial charge in [0.1, 0.15) is 5.75 Å². The average Bonchev–Trinajstić information content (AvgIpc) is 2.38. The fourth-order valence-electron chi connectivity index (χ4n) is 2.21. The lowest BCUT2D eigenvalue weighted by molar-refractivity contribution is 0.484. The SMILES string of the molecule is C=COc1ccc2nc3c(nc2c1)C(C)CC=C3. The van der Waals surface area contributed by atoms with Gasteiger partial charge in [0.05, 0.1) is 28.7 Å². The summed E-state index contributed by atoms with van der Waals surface area (Å²) in [6.45, 7) is 5.72. The van der Waals surface area contributed by atoms with Gasteiger partial charge in [-0.15, -0.1) is 0 Å². The Labute approximate surface area is 106 Å². The van der Waals surface area contributed by atoms with Gasteiger partial charge in [0, 0.05) is 12.0 Å². The summed E-state index contributed by atoms with van der Waals surface area (Å²) < 4.78 is 5.27. The Bertz CT molecular complexity index is 646. The number of hydrogen-bond acceptors (Lipinski definition) is 3. The summed E-state index contributed by atoms with van der Waals surface area (Å²) in [7, 11) is 0. The Morgan fingerprint density at radius 2 is 2.22 bits per heavy atom. The van der Waals surface area contributed by atoms with Crippen LogP contribution in [0.1, 0.15) is 30.7 Å². The lowest BCUT2D eigenvalue weighted by atomic mass is 9.96. The Morgan fingerprint density at radius 1 is 1.33 bits per heavy atom. The number of ether oxygens (including phenoxy) is 1. The lowest BCUT2D eigenvalue weighted by Gasteiger charge is -2.16. The maximum atomic E-state index is 5.27. The van der Waals surface area contributed by atoms with Crippen LogP contribution in [0.15, 0.2) is 37.1 Å². The van der Waals surface area contributed by atoms with Gasteiger partial charge in [-0.2, -0.15) is 0 Å². The molecule has 0 aliphatic heterocycles. The molecule has 1 atom stereocenters. The largest absolute Gasteiger partial charge is 0.466 e. The van der Waals surface area contributed by atoms with Gasteiger partial charge in [-0.25, -0.2) is 9.97 Å². The predicted molar refractivity (Wildman–Crippen MR) is 72.4 cm³/mol. The molecule has 0 saturated carbocycles. The third-order valence-electron chi connectivity index (χ3n) is 3.14. The lowest BCUT2D eigenvalue weighted by Crippen LogP contribution is -2.05. The van der Waals surface area contributed by atoms with Gasteiger partial charge in [0.25, 0.3) is 0 Å². The van der Waals surface area contributed by atoms with Gasteiger partial charge in [0.2, 0.25) is 0 Å². The van der Waals surface area contributed by atoms with Crippen LogP contribution in [0.2, 0.25) is 0 Å². The zero-order chi connectivity index (χ0) is 12.5. The van der Waals surface area contributed by atoms with Crippen molar-refractivity contribution in [2.24, 2.45) is 0 Å². The van der Waals surface area contributed by atoms with E-state index in [2.05, 4.69) is 30.6 Å². The highest BCUT2D eigenvalue weighted by Crippen LogP contribution is 2.29. The van der Waals surface area contributed by atoms with Crippen LogP contribution in [0.5, 0.6) is 5.75 Å². The summed E-state index contributed by atoms with van der Waals surface area (Å²) in [6, 6.07) is 5.70. The molecule has 1 aromatic heterocycles. The van der Waals surface area contributed by atoms with Gasteiger partial charge in [0.15, 0.2) is 0 Å². The van der Waals surface area contributed by atoms with Crippen molar-refractivity contribution in [3.63, 3.8) is 0 Å². The normalized spacial score (nSPS) is 17.5.